The lowest BCUT2D eigenvalue weighted by Gasteiger charge is -2.08. The van der Waals surface area contributed by atoms with Crippen molar-refractivity contribution in [3.63, 3.8) is 0 Å². The molecule has 5 nitrogen and oxygen atoms in total. The summed E-state index contributed by atoms with van der Waals surface area (Å²) < 4.78 is 0. The molecule has 0 atom stereocenters. The second-order valence-corrected chi connectivity index (χ2v) is 6.27. The summed E-state index contributed by atoms with van der Waals surface area (Å²) in [5, 5.41) is 6.68. The number of halogens is 2. The van der Waals surface area contributed by atoms with Gasteiger partial charge in [0.05, 0.1) is 0 Å². The van der Waals surface area contributed by atoms with E-state index in [0.717, 1.165) is 12.0 Å². The molecular weight excluding hydrogens is 361 g/mol. The number of carbonyl (C=O) groups excluding carboxylic acids is 2. The molecular formula is C18H19Cl2N3O2. The molecule has 2 aromatic rings. The normalized spacial score (nSPS) is 10.4. The monoisotopic (exact) mass is 379 g/mol. The number of hydrogen-bond acceptors (Lipinski definition) is 3. The highest BCUT2D eigenvalue weighted by molar-refractivity contribution is 6.35. The first-order valence-electron chi connectivity index (χ1n) is 7.97. The quantitative estimate of drug-likeness (QED) is 0.773. The number of rotatable bonds is 7. The van der Waals surface area contributed by atoms with E-state index in [0.29, 0.717) is 35.1 Å². The highest BCUT2D eigenvalue weighted by atomic mass is 35.5. The van der Waals surface area contributed by atoms with Gasteiger partial charge in [-0.1, -0.05) is 36.2 Å². The smallest absolute Gasteiger partial charge is 0.269 e. The molecule has 25 heavy (non-hydrogen) atoms. The van der Waals surface area contributed by atoms with E-state index in [2.05, 4.69) is 15.6 Å². The summed E-state index contributed by atoms with van der Waals surface area (Å²) >= 11 is 12.0. The van der Waals surface area contributed by atoms with Crippen molar-refractivity contribution in [1.29, 1.82) is 0 Å². The van der Waals surface area contributed by atoms with Crippen LogP contribution in [0.1, 0.15) is 39.8 Å². The molecule has 2 amide bonds. The molecule has 1 heterocycles. The van der Waals surface area contributed by atoms with Crippen molar-refractivity contribution in [1.82, 2.24) is 15.6 Å². The molecule has 0 bridgehead atoms. The number of benzene rings is 1. The van der Waals surface area contributed by atoms with Gasteiger partial charge in [0, 0.05) is 34.9 Å². The van der Waals surface area contributed by atoms with Gasteiger partial charge in [0.1, 0.15) is 5.69 Å². The number of nitrogens with one attached hydrogen (secondary N) is 2. The van der Waals surface area contributed by atoms with Crippen LogP contribution in [0.3, 0.4) is 0 Å². The van der Waals surface area contributed by atoms with Crippen LogP contribution in [0.2, 0.25) is 10.0 Å². The summed E-state index contributed by atoms with van der Waals surface area (Å²) in [6.07, 6.45) is 2.86. The molecule has 132 valence electrons. The molecule has 0 aliphatic rings. The standard InChI is InChI=1S/C18H19Cl2N3O2/c1-2-7-22-18(25)16-10-13(6-8-21-16)17(24)23-9-5-12-3-4-14(19)11-15(12)20/h3-4,6,8,10-11H,2,5,7,9H2,1H3,(H,22,25)(H,23,24). The predicted molar refractivity (Wildman–Crippen MR) is 99.4 cm³/mol. The fourth-order valence-corrected chi connectivity index (χ4v) is 2.67. The van der Waals surface area contributed by atoms with Crippen molar-refractivity contribution < 1.29 is 9.59 Å². The molecule has 0 unspecified atom stereocenters. The highest BCUT2D eigenvalue weighted by Crippen LogP contribution is 2.21. The van der Waals surface area contributed by atoms with Crippen LogP contribution in [0.15, 0.2) is 36.5 Å². The summed E-state index contributed by atoms with van der Waals surface area (Å²) in [6.45, 7) is 2.95. The number of hydrogen-bond donors (Lipinski definition) is 2. The third kappa shape index (κ3) is 5.73. The highest BCUT2D eigenvalue weighted by Gasteiger charge is 2.11. The van der Waals surface area contributed by atoms with E-state index in [1.54, 1.807) is 18.2 Å². The lowest BCUT2D eigenvalue weighted by atomic mass is 10.1. The summed E-state index contributed by atoms with van der Waals surface area (Å²) in [7, 11) is 0. The zero-order valence-corrected chi connectivity index (χ0v) is 15.3. The molecule has 0 aliphatic heterocycles. The average Bonchev–Trinajstić information content (AvgIpc) is 2.61. The van der Waals surface area contributed by atoms with E-state index in [9.17, 15) is 9.59 Å². The first-order valence-corrected chi connectivity index (χ1v) is 8.73. The van der Waals surface area contributed by atoms with Gasteiger partial charge >= 0.3 is 0 Å². The van der Waals surface area contributed by atoms with Gasteiger partial charge in [0.2, 0.25) is 0 Å². The third-order valence-electron chi connectivity index (χ3n) is 3.49. The molecule has 2 N–H and O–H groups in total. The van der Waals surface area contributed by atoms with Gasteiger partial charge in [0.15, 0.2) is 0 Å². The van der Waals surface area contributed by atoms with Gasteiger partial charge in [0.25, 0.3) is 11.8 Å². The van der Waals surface area contributed by atoms with E-state index in [4.69, 9.17) is 23.2 Å². The van der Waals surface area contributed by atoms with Crippen molar-refractivity contribution in [2.75, 3.05) is 13.1 Å². The summed E-state index contributed by atoms with van der Waals surface area (Å²) in [4.78, 5) is 28.2. The van der Waals surface area contributed by atoms with E-state index in [1.165, 1.54) is 12.3 Å². The Morgan fingerprint density at radius 2 is 1.80 bits per heavy atom. The first kappa shape index (κ1) is 19.2. The van der Waals surface area contributed by atoms with Crippen molar-refractivity contribution in [2.24, 2.45) is 0 Å². The van der Waals surface area contributed by atoms with E-state index >= 15 is 0 Å². The van der Waals surface area contributed by atoms with Gasteiger partial charge in [-0.2, -0.15) is 0 Å². The van der Waals surface area contributed by atoms with E-state index < -0.39 is 0 Å². The number of nitrogens with zero attached hydrogens (tertiary/aromatic N) is 1. The molecule has 0 saturated carbocycles. The van der Waals surface area contributed by atoms with E-state index in [1.807, 2.05) is 13.0 Å². The summed E-state index contributed by atoms with van der Waals surface area (Å²) in [5.41, 5.74) is 1.52. The number of carbonyl (C=O) groups is 2. The van der Waals surface area contributed by atoms with Crippen LogP contribution in [-0.4, -0.2) is 29.9 Å². The van der Waals surface area contributed by atoms with Gasteiger partial charge < -0.3 is 10.6 Å². The molecule has 0 saturated heterocycles. The van der Waals surface area contributed by atoms with Crippen molar-refractivity contribution in [3.8, 4) is 0 Å². The van der Waals surface area contributed by atoms with Crippen LogP contribution in [0.5, 0.6) is 0 Å². The topological polar surface area (TPSA) is 71.1 Å². The van der Waals surface area contributed by atoms with Crippen LogP contribution < -0.4 is 10.6 Å². The Bertz CT molecular complexity index is 766. The fraction of sp³-hybridized carbons (Fsp3) is 0.278. The van der Waals surface area contributed by atoms with Gasteiger partial charge in [-0.05, 0) is 42.7 Å². The Balaban J connectivity index is 1.93. The summed E-state index contributed by atoms with van der Waals surface area (Å²) in [5.74, 6) is -0.554. The minimum atomic E-state index is -0.288. The number of amides is 2. The predicted octanol–water partition coefficient (Wildman–Crippen LogP) is 3.50. The fourth-order valence-electron chi connectivity index (χ4n) is 2.16. The zero-order chi connectivity index (χ0) is 18.2. The van der Waals surface area contributed by atoms with Crippen LogP contribution >= 0.6 is 23.2 Å². The van der Waals surface area contributed by atoms with Gasteiger partial charge in [-0.15, -0.1) is 0 Å². The van der Waals surface area contributed by atoms with Crippen molar-refractivity contribution >= 4 is 35.0 Å². The Morgan fingerprint density at radius 1 is 1.04 bits per heavy atom. The van der Waals surface area contributed by atoms with Crippen LogP contribution in [0, 0.1) is 0 Å². The van der Waals surface area contributed by atoms with Crippen LogP contribution in [0.25, 0.3) is 0 Å². The molecule has 1 aromatic heterocycles. The lowest BCUT2D eigenvalue weighted by Crippen LogP contribution is -2.28. The molecule has 0 radical (unpaired) electrons. The molecule has 2 rings (SSSR count). The molecule has 0 aliphatic carbocycles. The van der Waals surface area contributed by atoms with Crippen molar-refractivity contribution in [3.05, 3.63) is 63.4 Å². The number of aromatic nitrogens is 1. The minimum Gasteiger partial charge on any atom is -0.352 e. The average molecular weight is 380 g/mol. The second kappa shape index (κ2) is 9.39. The Kier molecular flexibility index (Phi) is 7.22. The minimum absolute atomic E-state index is 0.224. The summed E-state index contributed by atoms with van der Waals surface area (Å²) in [6, 6.07) is 8.31. The Labute approximate surface area is 156 Å². The first-order chi connectivity index (χ1) is 12.0. The maximum absolute atomic E-state index is 12.2. The van der Waals surface area contributed by atoms with Crippen LogP contribution in [0.4, 0.5) is 0 Å². The Hall–Kier alpha value is -2.11. The van der Waals surface area contributed by atoms with Crippen molar-refractivity contribution in [2.45, 2.75) is 19.8 Å². The zero-order valence-electron chi connectivity index (χ0n) is 13.8. The lowest BCUT2D eigenvalue weighted by molar-refractivity contribution is 0.0948. The Morgan fingerprint density at radius 3 is 2.52 bits per heavy atom. The molecule has 1 aromatic carbocycles. The van der Waals surface area contributed by atoms with Crippen LogP contribution in [-0.2, 0) is 6.42 Å². The largest absolute Gasteiger partial charge is 0.352 e. The molecule has 7 heteroatoms. The third-order valence-corrected chi connectivity index (χ3v) is 4.07. The second-order valence-electron chi connectivity index (χ2n) is 5.43. The SMILES string of the molecule is CCCNC(=O)c1cc(C(=O)NCCc2ccc(Cl)cc2Cl)ccn1. The number of pyridine rings is 1. The maximum atomic E-state index is 12.2. The van der Waals surface area contributed by atoms with Gasteiger partial charge in [-0.25, -0.2) is 0 Å². The van der Waals surface area contributed by atoms with Gasteiger partial charge in [-0.3, -0.25) is 14.6 Å². The van der Waals surface area contributed by atoms with E-state index in [-0.39, 0.29) is 17.5 Å². The maximum Gasteiger partial charge on any atom is 0.269 e. The molecule has 0 fully saturated rings. The molecule has 0 spiro atoms.